The predicted octanol–water partition coefficient (Wildman–Crippen LogP) is 4.10. The molecule has 0 spiro atoms. The van der Waals surface area contributed by atoms with E-state index in [0.717, 1.165) is 4.68 Å². The van der Waals surface area contributed by atoms with Crippen LogP contribution in [-0.2, 0) is 4.79 Å². The molecule has 1 N–H and O–H groups in total. The molecule has 0 fully saturated rings. The van der Waals surface area contributed by atoms with Crippen molar-refractivity contribution in [1.82, 2.24) is 14.9 Å². The number of ether oxygens (including phenoxy) is 1. The number of carbonyl (C=O) groups excluding carboxylic acids is 1. The zero-order valence-electron chi connectivity index (χ0n) is 17.8. The number of amides is 1. The summed E-state index contributed by atoms with van der Waals surface area (Å²) in [7, 11) is 1.55. The lowest BCUT2D eigenvalue weighted by Crippen LogP contribution is -2.35. The largest absolute Gasteiger partial charge is 0.497 e. The van der Waals surface area contributed by atoms with Gasteiger partial charge in [0.1, 0.15) is 29.1 Å². The molecule has 164 valence electrons. The molecule has 32 heavy (non-hydrogen) atoms. The maximum absolute atomic E-state index is 14.0. The van der Waals surface area contributed by atoms with E-state index in [-0.39, 0.29) is 17.6 Å². The summed E-state index contributed by atoms with van der Waals surface area (Å²) in [5.41, 5.74) is 0.607. The number of fused-ring (bicyclic) bond motifs is 1. The molecule has 0 bridgehead atoms. The SMILES string of the molecule is CCC(C(=O)Nc1ccccc1F)n1nc(-c2cccc(OC)c2)c2c(C)onc2c1=O. The summed E-state index contributed by atoms with van der Waals surface area (Å²) in [6.45, 7) is 3.43. The first kappa shape index (κ1) is 21.2. The molecule has 1 atom stereocenters. The van der Waals surface area contributed by atoms with Crippen LogP contribution in [-0.4, -0.2) is 28.0 Å². The minimum atomic E-state index is -0.993. The van der Waals surface area contributed by atoms with Gasteiger partial charge in [-0.25, -0.2) is 9.07 Å². The summed E-state index contributed by atoms with van der Waals surface area (Å²) in [5.74, 6) is -0.105. The van der Waals surface area contributed by atoms with Crippen LogP contribution < -0.4 is 15.6 Å². The fraction of sp³-hybridized carbons (Fsp3) is 0.217. The predicted molar refractivity (Wildman–Crippen MR) is 117 cm³/mol. The monoisotopic (exact) mass is 436 g/mol. The van der Waals surface area contributed by atoms with Crippen LogP contribution in [0.3, 0.4) is 0 Å². The Balaban J connectivity index is 1.86. The Morgan fingerprint density at radius 2 is 2.03 bits per heavy atom. The molecule has 8 nitrogen and oxygen atoms in total. The van der Waals surface area contributed by atoms with Crippen molar-refractivity contribution in [3.63, 3.8) is 0 Å². The molecular formula is C23H21FN4O4. The molecular weight excluding hydrogens is 415 g/mol. The Morgan fingerprint density at radius 3 is 2.75 bits per heavy atom. The smallest absolute Gasteiger partial charge is 0.297 e. The highest BCUT2D eigenvalue weighted by atomic mass is 19.1. The van der Waals surface area contributed by atoms with Crippen molar-refractivity contribution in [3.8, 4) is 17.0 Å². The summed E-state index contributed by atoms with van der Waals surface area (Å²) in [6, 6.07) is 12.0. The van der Waals surface area contributed by atoms with Crippen molar-refractivity contribution in [2.45, 2.75) is 26.3 Å². The molecule has 1 amide bonds. The lowest BCUT2D eigenvalue weighted by atomic mass is 10.1. The molecule has 2 aromatic heterocycles. The maximum atomic E-state index is 14.0. The van der Waals surface area contributed by atoms with Gasteiger partial charge in [0.05, 0.1) is 18.2 Å². The quantitative estimate of drug-likeness (QED) is 0.489. The molecule has 9 heteroatoms. The van der Waals surface area contributed by atoms with E-state index in [1.54, 1.807) is 45.2 Å². The van der Waals surface area contributed by atoms with Crippen molar-refractivity contribution < 1.29 is 18.4 Å². The molecule has 1 unspecified atom stereocenters. The van der Waals surface area contributed by atoms with Gasteiger partial charge in [0.15, 0.2) is 5.52 Å². The summed E-state index contributed by atoms with van der Waals surface area (Å²) in [4.78, 5) is 26.2. The normalized spacial score (nSPS) is 12.0. The third-order valence-electron chi connectivity index (χ3n) is 5.18. The first-order valence-electron chi connectivity index (χ1n) is 10.0. The van der Waals surface area contributed by atoms with Gasteiger partial charge < -0.3 is 14.6 Å². The van der Waals surface area contributed by atoms with Crippen molar-refractivity contribution in [1.29, 1.82) is 0 Å². The first-order chi connectivity index (χ1) is 15.4. The summed E-state index contributed by atoms with van der Waals surface area (Å²) in [5, 5.41) is 11.4. The van der Waals surface area contributed by atoms with E-state index < -0.39 is 23.3 Å². The number of carbonyl (C=O) groups is 1. The molecule has 4 aromatic rings. The van der Waals surface area contributed by atoms with Gasteiger partial charge in [0, 0.05) is 5.56 Å². The number of aromatic nitrogens is 3. The Bertz CT molecular complexity index is 1360. The molecule has 0 aliphatic rings. The Kier molecular flexibility index (Phi) is 5.72. The number of benzene rings is 2. The topological polar surface area (TPSA) is 99.2 Å². The molecule has 0 aliphatic heterocycles. The van der Waals surface area contributed by atoms with Crippen LogP contribution in [0.15, 0.2) is 57.8 Å². The van der Waals surface area contributed by atoms with E-state index >= 15 is 0 Å². The van der Waals surface area contributed by atoms with Gasteiger partial charge in [-0.2, -0.15) is 5.10 Å². The molecule has 0 aliphatic carbocycles. The molecule has 4 rings (SSSR count). The van der Waals surface area contributed by atoms with E-state index in [9.17, 15) is 14.0 Å². The number of hydrogen-bond acceptors (Lipinski definition) is 6. The summed E-state index contributed by atoms with van der Waals surface area (Å²) >= 11 is 0. The van der Waals surface area contributed by atoms with Crippen molar-refractivity contribution in [3.05, 3.63) is 70.5 Å². The molecule has 0 radical (unpaired) electrons. The molecule has 2 aromatic carbocycles. The average Bonchev–Trinajstić information content (AvgIpc) is 3.19. The lowest BCUT2D eigenvalue weighted by molar-refractivity contribution is -0.119. The van der Waals surface area contributed by atoms with Crippen LogP contribution in [0, 0.1) is 12.7 Å². The number of nitrogens with one attached hydrogen (secondary N) is 1. The molecule has 0 saturated carbocycles. The Hall–Kier alpha value is -4.01. The molecule has 0 saturated heterocycles. The van der Waals surface area contributed by atoms with Gasteiger partial charge in [0.25, 0.3) is 5.56 Å². The highest BCUT2D eigenvalue weighted by molar-refractivity contribution is 5.95. The number of nitrogens with zero attached hydrogens (tertiary/aromatic N) is 3. The van der Waals surface area contributed by atoms with Crippen LogP contribution in [0.25, 0.3) is 22.2 Å². The minimum Gasteiger partial charge on any atom is -0.497 e. The number of para-hydroxylation sites is 1. The van der Waals surface area contributed by atoms with Gasteiger partial charge in [-0.3, -0.25) is 9.59 Å². The van der Waals surface area contributed by atoms with Gasteiger partial charge in [-0.05, 0) is 37.6 Å². The number of aryl methyl sites for hydroxylation is 1. The van der Waals surface area contributed by atoms with E-state index in [4.69, 9.17) is 9.26 Å². The fourth-order valence-electron chi connectivity index (χ4n) is 3.54. The number of halogens is 1. The third-order valence-corrected chi connectivity index (χ3v) is 5.18. The first-order valence-corrected chi connectivity index (χ1v) is 10.0. The van der Waals surface area contributed by atoms with Crippen molar-refractivity contribution >= 4 is 22.5 Å². The Morgan fingerprint density at radius 1 is 1.25 bits per heavy atom. The van der Waals surface area contributed by atoms with Crippen LogP contribution >= 0.6 is 0 Å². The minimum absolute atomic E-state index is 0.0235. The third kappa shape index (κ3) is 3.73. The second-order valence-corrected chi connectivity index (χ2v) is 7.19. The van der Waals surface area contributed by atoms with E-state index in [0.29, 0.717) is 28.2 Å². The van der Waals surface area contributed by atoms with Crippen LogP contribution in [0.1, 0.15) is 25.1 Å². The number of hydrogen-bond donors (Lipinski definition) is 1. The Labute approximate surface area is 182 Å². The summed E-state index contributed by atoms with van der Waals surface area (Å²) < 4.78 is 25.7. The van der Waals surface area contributed by atoms with Crippen molar-refractivity contribution in [2.24, 2.45) is 0 Å². The zero-order chi connectivity index (χ0) is 22.8. The van der Waals surface area contributed by atoms with Crippen molar-refractivity contribution in [2.75, 3.05) is 12.4 Å². The number of rotatable bonds is 6. The second kappa shape index (κ2) is 8.62. The van der Waals surface area contributed by atoms with Crippen LogP contribution in [0.5, 0.6) is 5.75 Å². The lowest BCUT2D eigenvalue weighted by Gasteiger charge is -2.18. The number of methoxy groups -OCH3 is 1. The van der Waals surface area contributed by atoms with Gasteiger partial charge in [-0.15, -0.1) is 0 Å². The van der Waals surface area contributed by atoms with Gasteiger partial charge in [0.2, 0.25) is 5.91 Å². The zero-order valence-corrected chi connectivity index (χ0v) is 17.8. The van der Waals surface area contributed by atoms with Crippen LogP contribution in [0.2, 0.25) is 0 Å². The average molecular weight is 436 g/mol. The van der Waals surface area contributed by atoms with E-state index in [1.807, 2.05) is 6.07 Å². The molecule has 2 heterocycles. The number of anilines is 1. The van der Waals surface area contributed by atoms with Gasteiger partial charge >= 0.3 is 0 Å². The fourth-order valence-corrected chi connectivity index (χ4v) is 3.54. The summed E-state index contributed by atoms with van der Waals surface area (Å²) in [6.07, 6.45) is 0.243. The van der Waals surface area contributed by atoms with Crippen LogP contribution in [0.4, 0.5) is 10.1 Å². The van der Waals surface area contributed by atoms with Gasteiger partial charge in [-0.1, -0.05) is 36.3 Å². The highest BCUT2D eigenvalue weighted by Crippen LogP contribution is 2.30. The highest BCUT2D eigenvalue weighted by Gasteiger charge is 2.27. The maximum Gasteiger partial charge on any atom is 0.297 e. The van der Waals surface area contributed by atoms with E-state index in [1.165, 1.54) is 18.2 Å². The van der Waals surface area contributed by atoms with E-state index in [2.05, 4.69) is 15.6 Å². The standard InChI is InChI=1S/C23H21FN4O4/c1-4-18(22(29)25-17-11-6-5-10-16(17)24)28-23(30)21-19(13(2)32-27-21)20(26-28)14-8-7-9-15(12-14)31-3/h5-12,18H,4H2,1-3H3,(H,25,29). The second-order valence-electron chi connectivity index (χ2n) is 7.19.